The molecule has 0 saturated carbocycles. The molecule has 0 spiro atoms. The highest BCUT2D eigenvalue weighted by Crippen LogP contribution is 2.13. The Labute approximate surface area is 115 Å². The maximum atomic E-state index is 3.45. The highest BCUT2D eigenvalue weighted by atomic mass is 15.1. The molecule has 0 aliphatic rings. The average molecular weight is 257 g/mol. The molecule has 0 unspecified atom stereocenters. The lowest BCUT2D eigenvalue weighted by atomic mass is 10.2. The minimum Gasteiger partial charge on any atom is -0.379 e. The molecule has 19 heavy (non-hydrogen) atoms. The molecule has 102 valence electrons. The van der Waals surface area contributed by atoms with Crippen LogP contribution in [0, 0.1) is 0 Å². The van der Waals surface area contributed by atoms with Gasteiger partial charge >= 0.3 is 0 Å². The molecule has 0 saturated heterocycles. The number of nitrogens with zero attached hydrogens (tertiary/aromatic N) is 1. The summed E-state index contributed by atoms with van der Waals surface area (Å²) in [5.41, 5.74) is 3.74. The molecule has 0 bridgehead atoms. The van der Waals surface area contributed by atoms with Crippen LogP contribution in [0.25, 0.3) is 0 Å². The van der Waals surface area contributed by atoms with E-state index in [9.17, 15) is 0 Å². The van der Waals surface area contributed by atoms with Gasteiger partial charge in [-0.25, -0.2) is 0 Å². The summed E-state index contributed by atoms with van der Waals surface area (Å²) in [6.07, 6.45) is 1.95. The number of anilines is 1. The largest absolute Gasteiger partial charge is 0.379 e. The van der Waals surface area contributed by atoms with Crippen LogP contribution >= 0.6 is 0 Å². The van der Waals surface area contributed by atoms with Gasteiger partial charge in [-0.1, -0.05) is 26.0 Å². The molecular formula is C16H23N3. The molecule has 2 N–H and O–H groups in total. The van der Waals surface area contributed by atoms with Crippen LogP contribution in [0.1, 0.15) is 25.1 Å². The maximum Gasteiger partial charge on any atom is 0.0551 e. The van der Waals surface area contributed by atoms with Crippen LogP contribution in [-0.4, -0.2) is 23.0 Å². The van der Waals surface area contributed by atoms with E-state index in [0.717, 1.165) is 26.2 Å². The van der Waals surface area contributed by atoms with Gasteiger partial charge in [-0.05, 0) is 42.9 Å². The molecule has 0 radical (unpaired) electrons. The number of H-pyrrole nitrogens is 1. The van der Waals surface area contributed by atoms with Crippen molar-refractivity contribution in [2.45, 2.75) is 26.9 Å². The summed E-state index contributed by atoms with van der Waals surface area (Å²) in [4.78, 5) is 5.62. The van der Waals surface area contributed by atoms with E-state index in [1.807, 2.05) is 12.3 Å². The van der Waals surface area contributed by atoms with Crippen LogP contribution in [-0.2, 0) is 13.1 Å². The average Bonchev–Trinajstić information content (AvgIpc) is 2.96. The van der Waals surface area contributed by atoms with E-state index in [1.54, 1.807) is 0 Å². The third-order valence-corrected chi connectivity index (χ3v) is 3.37. The van der Waals surface area contributed by atoms with Crippen molar-refractivity contribution >= 4 is 5.69 Å². The summed E-state index contributed by atoms with van der Waals surface area (Å²) in [5, 5.41) is 3.45. The van der Waals surface area contributed by atoms with E-state index in [0.29, 0.717) is 0 Å². The van der Waals surface area contributed by atoms with Gasteiger partial charge in [0.15, 0.2) is 0 Å². The van der Waals surface area contributed by atoms with E-state index >= 15 is 0 Å². The van der Waals surface area contributed by atoms with Crippen LogP contribution in [0.4, 0.5) is 5.69 Å². The molecule has 2 rings (SSSR count). The van der Waals surface area contributed by atoms with Gasteiger partial charge < -0.3 is 10.3 Å². The van der Waals surface area contributed by atoms with Gasteiger partial charge in [0, 0.05) is 24.1 Å². The number of aromatic amines is 1. The van der Waals surface area contributed by atoms with Crippen LogP contribution in [0.2, 0.25) is 0 Å². The predicted octanol–water partition coefficient (Wildman–Crippen LogP) is 3.47. The monoisotopic (exact) mass is 257 g/mol. The molecule has 0 atom stereocenters. The first kappa shape index (κ1) is 13.7. The van der Waals surface area contributed by atoms with Gasteiger partial charge in [0.25, 0.3) is 0 Å². The fraction of sp³-hybridized carbons (Fsp3) is 0.375. The second-order valence-electron chi connectivity index (χ2n) is 4.71. The van der Waals surface area contributed by atoms with Crippen molar-refractivity contribution in [3.63, 3.8) is 0 Å². The van der Waals surface area contributed by atoms with Gasteiger partial charge in [-0.15, -0.1) is 0 Å². The second kappa shape index (κ2) is 7.00. The first-order chi connectivity index (χ1) is 9.31. The van der Waals surface area contributed by atoms with Crippen molar-refractivity contribution in [2.24, 2.45) is 0 Å². The van der Waals surface area contributed by atoms with E-state index in [-0.39, 0.29) is 0 Å². The van der Waals surface area contributed by atoms with Gasteiger partial charge in [-0.2, -0.15) is 0 Å². The Bertz CT molecular complexity index is 472. The number of benzene rings is 1. The van der Waals surface area contributed by atoms with Gasteiger partial charge in [0.1, 0.15) is 0 Å². The zero-order chi connectivity index (χ0) is 13.5. The molecule has 0 amide bonds. The summed E-state index contributed by atoms with van der Waals surface area (Å²) >= 11 is 0. The molecule has 1 aromatic heterocycles. The highest BCUT2D eigenvalue weighted by Gasteiger charge is 2.02. The van der Waals surface area contributed by atoms with Crippen molar-refractivity contribution in [1.82, 2.24) is 9.88 Å². The fourth-order valence-corrected chi connectivity index (χ4v) is 2.16. The first-order valence-electron chi connectivity index (χ1n) is 6.99. The molecule has 0 aliphatic carbocycles. The van der Waals surface area contributed by atoms with Crippen LogP contribution in [0.15, 0.2) is 42.6 Å². The number of rotatable bonds is 7. The Balaban J connectivity index is 1.94. The molecule has 0 fully saturated rings. The summed E-state index contributed by atoms with van der Waals surface area (Å²) in [6.45, 7) is 8.45. The normalized spacial score (nSPS) is 10.9. The lowest BCUT2D eigenvalue weighted by Crippen LogP contribution is -2.22. The lowest BCUT2D eigenvalue weighted by molar-refractivity contribution is 0.296. The van der Waals surface area contributed by atoms with Gasteiger partial charge in [0.05, 0.1) is 6.54 Å². The Morgan fingerprint density at radius 2 is 1.95 bits per heavy atom. The molecule has 1 aromatic carbocycles. The summed E-state index contributed by atoms with van der Waals surface area (Å²) in [5.74, 6) is 0. The quantitative estimate of drug-likeness (QED) is 0.795. The number of nitrogens with one attached hydrogen (secondary N) is 2. The summed E-state index contributed by atoms with van der Waals surface area (Å²) in [6, 6.07) is 12.8. The second-order valence-corrected chi connectivity index (χ2v) is 4.71. The molecule has 2 aromatic rings. The molecule has 1 heterocycles. The van der Waals surface area contributed by atoms with E-state index in [2.05, 4.69) is 59.4 Å². The molecule has 0 aliphatic heterocycles. The van der Waals surface area contributed by atoms with Crippen molar-refractivity contribution in [3.8, 4) is 0 Å². The van der Waals surface area contributed by atoms with Crippen molar-refractivity contribution < 1.29 is 0 Å². The zero-order valence-electron chi connectivity index (χ0n) is 11.8. The third-order valence-electron chi connectivity index (χ3n) is 3.37. The standard InChI is InChI=1S/C16H23N3/c1-3-19(4-2)13-14-7-5-8-15(11-14)18-12-16-9-6-10-17-16/h5-11,17-18H,3-4,12-13H2,1-2H3. The van der Waals surface area contributed by atoms with E-state index in [4.69, 9.17) is 0 Å². The maximum absolute atomic E-state index is 3.45. The van der Waals surface area contributed by atoms with Crippen LogP contribution < -0.4 is 5.32 Å². The summed E-state index contributed by atoms with van der Waals surface area (Å²) in [7, 11) is 0. The van der Waals surface area contributed by atoms with Gasteiger partial charge in [-0.3, -0.25) is 4.90 Å². The van der Waals surface area contributed by atoms with Crippen LogP contribution in [0.3, 0.4) is 0 Å². The van der Waals surface area contributed by atoms with E-state index in [1.165, 1.54) is 16.9 Å². The van der Waals surface area contributed by atoms with E-state index < -0.39 is 0 Å². The molecule has 3 heteroatoms. The van der Waals surface area contributed by atoms with Crippen molar-refractivity contribution in [3.05, 3.63) is 53.9 Å². The number of hydrogen-bond acceptors (Lipinski definition) is 2. The summed E-state index contributed by atoms with van der Waals surface area (Å²) < 4.78 is 0. The predicted molar refractivity (Wildman–Crippen MR) is 81.2 cm³/mol. The topological polar surface area (TPSA) is 31.1 Å². The first-order valence-corrected chi connectivity index (χ1v) is 6.99. The lowest BCUT2D eigenvalue weighted by Gasteiger charge is -2.18. The third kappa shape index (κ3) is 4.14. The Morgan fingerprint density at radius 3 is 2.63 bits per heavy atom. The van der Waals surface area contributed by atoms with Gasteiger partial charge in [0.2, 0.25) is 0 Å². The minimum absolute atomic E-state index is 0.835. The Hall–Kier alpha value is -1.74. The number of aromatic nitrogens is 1. The smallest absolute Gasteiger partial charge is 0.0551 e. The van der Waals surface area contributed by atoms with Crippen molar-refractivity contribution in [1.29, 1.82) is 0 Å². The highest BCUT2D eigenvalue weighted by molar-refractivity contribution is 5.46. The number of hydrogen-bond donors (Lipinski definition) is 2. The molecule has 3 nitrogen and oxygen atoms in total. The Morgan fingerprint density at radius 1 is 1.11 bits per heavy atom. The van der Waals surface area contributed by atoms with Crippen molar-refractivity contribution in [2.75, 3.05) is 18.4 Å². The van der Waals surface area contributed by atoms with Crippen LogP contribution in [0.5, 0.6) is 0 Å². The fourth-order valence-electron chi connectivity index (χ4n) is 2.16. The molecular weight excluding hydrogens is 234 g/mol. The zero-order valence-corrected chi connectivity index (χ0v) is 11.8. The Kier molecular flexibility index (Phi) is 5.04. The minimum atomic E-state index is 0.835. The SMILES string of the molecule is CCN(CC)Cc1cccc(NCc2ccc[nH]2)c1.